The summed E-state index contributed by atoms with van der Waals surface area (Å²) >= 11 is 0. The second kappa shape index (κ2) is 7.12. The fraction of sp³-hybridized carbons (Fsp3) is 0.286. The molecular weight excluding hydrogens is 340 g/mol. The van der Waals surface area contributed by atoms with E-state index in [2.05, 4.69) is 16.4 Å². The maximum Gasteiger partial charge on any atom is 0.219 e. The van der Waals surface area contributed by atoms with Gasteiger partial charge in [-0.15, -0.1) is 0 Å². The van der Waals surface area contributed by atoms with Crippen LogP contribution in [0.4, 0.5) is 11.4 Å². The van der Waals surface area contributed by atoms with Gasteiger partial charge in [-0.1, -0.05) is 6.07 Å². The molecule has 0 radical (unpaired) electrons. The van der Waals surface area contributed by atoms with Crippen molar-refractivity contribution in [3.63, 3.8) is 0 Å². The van der Waals surface area contributed by atoms with Gasteiger partial charge in [-0.2, -0.15) is 5.26 Å². The molecule has 6 heteroatoms. The number of anilines is 2. The number of aryl methyl sites for hydroxylation is 1. The number of hydrogen-bond donors (Lipinski definition) is 2. The minimum atomic E-state index is -0.416. The first kappa shape index (κ1) is 18.5. The molecule has 1 unspecified atom stereocenters. The van der Waals surface area contributed by atoms with Crippen molar-refractivity contribution >= 4 is 17.2 Å². The molecule has 1 aliphatic rings. The summed E-state index contributed by atoms with van der Waals surface area (Å²) in [5, 5.41) is 12.5. The third-order valence-electron chi connectivity index (χ3n) is 4.75. The van der Waals surface area contributed by atoms with E-state index in [1.165, 1.54) is 0 Å². The number of benzene rings is 1. The summed E-state index contributed by atoms with van der Waals surface area (Å²) < 4.78 is 5.78. The Morgan fingerprint density at radius 3 is 2.74 bits per heavy atom. The Bertz CT molecular complexity index is 1000. The van der Waals surface area contributed by atoms with Crippen LogP contribution in [0.15, 0.2) is 35.7 Å². The van der Waals surface area contributed by atoms with Crippen molar-refractivity contribution in [2.24, 2.45) is 0 Å². The molecule has 2 heterocycles. The van der Waals surface area contributed by atoms with Crippen molar-refractivity contribution in [3.05, 3.63) is 57.9 Å². The Morgan fingerprint density at radius 2 is 2.15 bits per heavy atom. The van der Waals surface area contributed by atoms with E-state index in [0.29, 0.717) is 29.3 Å². The van der Waals surface area contributed by atoms with Crippen molar-refractivity contribution in [2.75, 3.05) is 17.7 Å². The Balaban J connectivity index is 2.35. The van der Waals surface area contributed by atoms with Gasteiger partial charge in [0.1, 0.15) is 0 Å². The van der Waals surface area contributed by atoms with E-state index >= 15 is 0 Å². The summed E-state index contributed by atoms with van der Waals surface area (Å²) in [6.07, 6.45) is 1.75. The molecule has 0 saturated heterocycles. The fourth-order valence-corrected chi connectivity index (χ4v) is 3.60. The van der Waals surface area contributed by atoms with Crippen LogP contribution < -0.4 is 15.8 Å². The van der Waals surface area contributed by atoms with Crippen LogP contribution in [-0.2, 0) is 4.79 Å². The van der Waals surface area contributed by atoms with E-state index in [4.69, 9.17) is 15.7 Å². The Hall–Kier alpha value is -3.33. The molecular formula is C21H22N4O2. The maximum absolute atomic E-state index is 12.5. The Kier molecular flexibility index (Phi) is 4.87. The van der Waals surface area contributed by atoms with Gasteiger partial charge in [-0.25, -0.2) is 4.98 Å². The highest BCUT2D eigenvalue weighted by Crippen LogP contribution is 2.48. The first-order chi connectivity index (χ1) is 12.9. The topological polar surface area (TPSA) is 101 Å². The minimum Gasteiger partial charge on any atom is -0.478 e. The van der Waals surface area contributed by atoms with E-state index in [0.717, 1.165) is 28.1 Å². The van der Waals surface area contributed by atoms with Gasteiger partial charge >= 0.3 is 0 Å². The number of carbonyl (C=O) groups is 1. The molecule has 3 rings (SSSR count). The van der Waals surface area contributed by atoms with Gasteiger partial charge in [0.15, 0.2) is 5.78 Å². The smallest absolute Gasteiger partial charge is 0.219 e. The van der Waals surface area contributed by atoms with E-state index in [-0.39, 0.29) is 5.78 Å². The van der Waals surface area contributed by atoms with E-state index in [1.807, 2.05) is 26.8 Å². The number of fused-ring (bicyclic) bond motifs is 1. The van der Waals surface area contributed by atoms with E-state index in [9.17, 15) is 4.79 Å². The molecule has 138 valence electrons. The van der Waals surface area contributed by atoms with Crippen LogP contribution in [0.3, 0.4) is 0 Å². The largest absolute Gasteiger partial charge is 0.478 e. The molecule has 27 heavy (non-hydrogen) atoms. The number of nitrogens with zero attached hydrogens (tertiary/aromatic N) is 2. The number of nitrogens with one attached hydrogen (secondary N) is 1. The summed E-state index contributed by atoms with van der Waals surface area (Å²) in [4.78, 5) is 17.0. The number of rotatable bonds is 4. The molecule has 0 amide bonds. The van der Waals surface area contributed by atoms with Crippen molar-refractivity contribution in [3.8, 4) is 11.9 Å². The molecule has 2 aromatic rings. The van der Waals surface area contributed by atoms with Crippen LogP contribution in [0.2, 0.25) is 0 Å². The molecule has 1 aromatic heterocycles. The molecule has 0 aliphatic carbocycles. The standard InChI is InChI=1S/C21H22N4O2/c1-5-27-21-19-18(15-7-6-14(9-22)8-16(15)23)17(13(4)26)12(3)25-20(19)11(2)10-24-21/h6-8,10,18,25H,5,23H2,1-4H3. The van der Waals surface area contributed by atoms with Crippen molar-refractivity contribution < 1.29 is 9.53 Å². The zero-order valence-electron chi connectivity index (χ0n) is 15.9. The van der Waals surface area contributed by atoms with Crippen molar-refractivity contribution in [1.29, 1.82) is 5.26 Å². The van der Waals surface area contributed by atoms with Crippen LogP contribution in [0.25, 0.3) is 0 Å². The lowest BCUT2D eigenvalue weighted by atomic mass is 9.78. The van der Waals surface area contributed by atoms with Gasteiger partial charge in [0.25, 0.3) is 0 Å². The number of ether oxygens (including phenoxy) is 1. The molecule has 0 fully saturated rings. The molecule has 3 N–H and O–H groups in total. The monoisotopic (exact) mass is 362 g/mol. The SMILES string of the molecule is CCOc1ncc(C)c2c1C(c1ccc(C#N)cc1N)C(C(C)=O)=C(C)N2. The number of Topliss-reactive ketones (excluding diaryl/α,β-unsaturated/α-hetero) is 1. The Labute approximate surface area is 158 Å². The lowest BCUT2D eigenvalue weighted by molar-refractivity contribution is -0.113. The number of aromatic nitrogens is 1. The third kappa shape index (κ3) is 3.13. The van der Waals surface area contributed by atoms with E-state index in [1.54, 1.807) is 25.3 Å². The van der Waals surface area contributed by atoms with Crippen LogP contribution >= 0.6 is 0 Å². The highest BCUT2D eigenvalue weighted by molar-refractivity contribution is 5.99. The van der Waals surface area contributed by atoms with Gasteiger partial charge in [0, 0.05) is 29.1 Å². The molecule has 0 saturated carbocycles. The van der Waals surface area contributed by atoms with Crippen LogP contribution in [-0.4, -0.2) is 17.4 Å². The second-order valence-corrected chi connectivity index (χ2v) is 6.58. The quantitative estimate of drug-likeness (QED) is 0.805. The number of allylic oxidation sites excluding steroid dienone is 2. The van der Waals surface area contributed by atoms with Crippen LogP contribution in [0, 0.1) is 18.3 Å². The number of hydrogen-bond acceptors (Lipinski definition) is 6. The highest BCUT2D eigenvalue weighted by atomic mass is 16.5. The Morgan fingerprint density at radius 1 is 1.41 bits per heavy atom. The predicted octanol–water partition coefficient (Wildman–Crippen LogP) is 3.66. The molecule has 1 aliphatic heterocycles. The third-order valence-corrected chi connectivity index (χ3v) is 4.75. The number of pyridine rings is 1. The molecule has 0 bridgehead atoms. The average molecular weight is 362 g/mol. The average Bonchev–Trinajstić information content (AvgIpc) is 2.63. The number of nitriles is 1. The predicted molar refractivity (Wildman–Crippen MR) is 105 cm³/mol. The number of nitrogens with two attached hydrogens (primary N) is 1. The van der Waals surface area contributed by atoms with Crippen molar-refractivity contribution in [1.82, 2.24) is 4.98 Å². The number of ketones is 1. The maximum atomic E-state index is 12.5. The zero-order chi connectivity index (χ0) is 19.7. The summed E-state index contributed by atoms with van der Waals surface area (Å²) in [5.74, 6) is 0.00872. The van der Waals surface area contributed by atoms with Gasteiger partial charge in [0.2, 0.25) is 5.88 Å². The lowest BCUT2D eigenvalue weighted by Gasteiger charge is -2.32. The lowest BCUT2D eigenvalue weighted by Crippen LogP contribution is -2.24. The molecule has 1 aromatic carbocycles. The van der Waals surface area contributed by atoms with Crippen molar-refractivity contribution in [2.45, 2.75) is 33.6 Å². The summed E-state index contributed by atoms with van der Waals surface area (Å²) in [6, 6.07) is 7.24. The highest BCUT2D eigenvalue weighted by Gasteiger charge is 2.35. The summed E-state index contributed by atoms with van der Waals surface area (Å²) in [7, 11) is 0. The zero-order valence-corrected chi connectivity index (χ0v) is 15.9. The normalized spacial score (nSPS) is 15.6. The summed E-state index contributed by atoms with van der Waals surface area (Å²) in [5.41, 5.74) is 12.0. The van der Waals surface area contributed by atoms with Gasteiger partial charge in [-0.05, 0) is 51.0 Å². The first-order valence-electron chi connectivity index (χ1n) is 8.79. The van der Waals surface area contributed by atoms with Crippen LogP contribution in [0.5, 0.6) is 5.88 Å². The first-order valence-corrected chi connectivity index (χ1v) is 8.79. The summed E-state index contributed by atoms with van der Waals surface area (Å²) in [6.45, 7) is 7.73. The molecule has 1 atom stereocenters. The fourth-order valence-electron chi connectivity index (χ4n) is 3.60. The molecule has 6 nitrogen and oxygen atoms in total. The second-order valence-electron chi connectivity index (χ2n) is 6.58. The van der Waals surface area contributed by atoms with Gasteiger partial charge in [-0.3, -0.25) is 4.79 Å². The van der Waals surface area contributed by atoms with Gasteiger partial charge in [0.05, 0.1) is 29.5 Å². The number of carbonyl (C=O) groups excluding carboxylic acids is 1. The van der Waals surface area contributed by atoms with Gasteiger partial charge < -0.3 is 15.8 Å². The minimum absolute atomic E-state index is 0.0524. The van der Waals surface area contributed by atoms with E-state index < -0.39 is 5.92 Å². The number of nitrogen functional groups attached to an aromatic ring is 1. The van der Waals surface area contributed by atoms with Crippen LogP contribution in [0.1, 0.15) is 48.9 Å². The molecule has 0 spiro atoms.